The summed E-state index contributed by atoms with van der Waals surface area (Å²) in [7, 11) is 0. The Morgan fingerprint density at radius 3 is 2.51 bits per heavy atom. The van der Waals surface area contributed by atoms with E-state index in [1.807, 2.05) is 32.2 Å². The predicted molar refractivity (Wildman–Crippen MR) is 137 cm³/mol. The quantitative estimate of drug-likeness (QED) is 0.301. The van der Waals surface area contributed by atoms with Gasteiger partial charge in [0.15, 0.2) is 5.70 Å². The highest BCUT2D eigenvalue weighted by Gasteiger charge is 2.54. The molecule has 8 nitrogen and oxygen atoms in total. The molecule has 0 fully saturated rings. The zero-order valence-corrected chi connectivity index (χ0v) is 21.6. The number of aliphatic hydroxyl groups excluding tert-OH is 3. The molecule has 3 aliphatic rings. The number of rotatable bonds is 7. The molecule has 0 amide bonds. The molecule has 0 spiro atoms. The molecule has 2 aromatic heterocycles. The average Bonchev–Trinajstić information content (AvgIpc) is 3.49. The maximum Gasteiger partial charge on any atom is 0.737 e. The van der Waals surface area contributed by atoms with Gasteiger partial charge >= 0.3 is 6.97 Å². The molecule has 5 rings (SSSR count). The first-order valence-electron chi connectivity index (χ1n) is 12.9. The molecule has 0 radical (unpaired) electrons. The van der Waals surface area contributed by atoms with Crippen LogP contribution in [0.15, 0.2) is 41.8 Å². The average molecular weight is 513 g/mol. The zero-order chi connectivity index (χ0) is 26.6. The van der Waals surface area contributed by atoms with Crippen molar-refractivity contribution in [2.45, 2.75) is 78.2 Å². The highest BCUT2D eigenvalue weighted by Crippen LogP contribution is 2.43. The number of unbranched alkanes of at least 4 members (excludes halogenated alkanes) is 1. The van der Waals surface area contributed by atoms with Gasteiger partial charge < -0.3 is 32.9 Å². The van der Waals surface area contributed by atoms with Crippen LogP contribution in [0.1, 0.15) is 55.8 Å². The summed E-state index contributed by atoms with van der Waals surface area (Å²) in [4.78, 5) is 0. The van der Waals surface area contributed by atoms with E-state index in [4.69, 9.17) is 0 Å². The summed E-state index contributed by atoms with van der Waals surface area (Å²) in [5.41, 5.74) is 5.96. The van der Waals surface area contributed by atoms with Crippen LogP contribution >= 0.6 is 0 Å². The van der Waals surface area contributed by atoms with E-state index >= 15 is 8.63 Å². The van der Waals surface area contributed by atoms with Gasteiger partial charge in [0.05, 0.1) is 18.3 Å². The normalized spacial score (nSPS) is 26.6. The Kier molecular flexibility index (Phi) is 6.58. The Labute approximate surface area is 215 Å². The minimum absolute atomic E-state index is 0.341. The third-order valence-corrected chi connectivity index (χ3v) is 7.82. The van der Waals surface area contributed by atoms with Gasteiger partial charge in [-0.3, -0.25) is 4.68 Å². The molecule has 4 heterocycles. The van der Waals surface area contributed by atoms with Crippen LogP contribution in [0, 0.1) is 19.8 Å². The van der Waals surface area contributed by atoms with Crippen LogP contribution in [0.3, 0.4) is 0 Å². The standard InChI is InChI=1S/C26H34BF2N5O3/c1-15-11-17(3)33-23(15)21(24-16(2)12-18(4)34(24)27(33,28)29)8-6-5-7-20-14-32(31-30-20)13-19-9-10-22(35)26(37)25(19)36/h9-12,14,19,22,25-26,35-37H,5-8,13H2,1-4H3/t19-,22+,25-,26-/m1/s1. The molecule has 4 atom stereocenters. The van der Waals surface area contributed by atoms with Crippen molar-refractivity contribution in [2.24, 2.45) is 5.92 Å². The molecule has 0 bridgehead atoms. The van der Waals surface area contributed by atoms with Gasteiger partial charge in [0.2, 0.25) is 0 Å². The molecule has 2 aromatic rings. The van der Waals surface area contributed by atoms with Crippen LogP contribution in [0.2, 0.25) is 0 Å². The van der Waals surface area contributed by atoms with Crippen molar-refractivity contribution >= 4 is 18.3 Å². The number of hydrogen-bond donors (Lipinski definition) is 3. The molecular weight excluding hydrogens is 479 g/mol. The Bertz CT molecular complexity index is 1360. The van der Waals surface area contributed by atoms with Gasteiger partial charge in [-0.2, -0.15) is 0 Å². The molecule has 1 aliphatic carbocycles. The predicted octanol–water partition coefficient (Wildman–Crippen LogP) is 2.76. The molecule has 37 heavy (non-hydrogen) atoms. The first-order valence-corrected chi connectivity index (χ1v) is 12.9. The summed E-state index contributed by atoms with van der Waals surface area (Å²) in [5.74, 6) is -0.374. The van der Waals surface area contributed by atoms with E-state index in [-0.39, 0.29) is 5.92 Å². The van der Waals surface area contributed by atoms with Gasteiger partial charge in [-0.05, 0) is 63.8 Å². The minimum atomic E-state index is -3.94. The van der Waals surface area contributed by atoms with Crippen molar-refractivity contribution in [3.8, 4) is 0 Å². The van der Waals surface area contributed by atoms with Crippen LogP contribution in [0.4, 0.5) is 8.63 Å². The van der Waals surface area contributed by atoms with E-state index in [0.29, 0.717) is 42.2 Å². The van der Waals surface area contributed by atoms with Gasteiger partial charge in [-0.25, -0.2) is 0 Å². The number of aliphatic hydroxyl groups is 3. The molecule has 198 valence electrons. The SMILES string of the molecule is CC1=CC(C)=[N+]2C1=C(CCCCc1cn(C[C@H]3C=C[C@H](O)[C@@H](O)[C@@H]3O)nn1)c1c(C)cc(C)n1[B-]2(F)F. The van der Waals surface area contributed by atoms with Gasteiger partial charge in [-0.15, -0.1) is 5.10 Å². The Morgan fingerprint density at radius 1 is 1.03 bits per heavy atom. The van der Waals surface area contributed by atoms with E-state index in [1.165, 1.54) is 15.0 Å². The van der Waals surface area contributed by atoms with Gasteiger partial charge in [-0.1, -0.05) is 17.4 Å². The van der Waals surface area contributed by atoms with Crippen molar-refractivity contribution in [1.29, 1.82) is 0 Å². The number of hydrogen-bond acceptors (Lipinski definition) is 5. The first kappa shape index (κ1) is 25.8. The lowest BCUT2D eigenvalue weighted by molar-refractivity contribution is -0.363. The van der Waals surface area contributed by atoms with Gasteiger partial charge in [0, 0.05) is 42.0 Å². The van der Waals surface area contributed by atoms with E-state index in [2.05, 4.69) is 10.3 Å². The Balaban J connectivity index is 1.28. The van der Waals surface area contributed by atoms with Crippen molar-refractivity contribution in [1.82, 2.24) is 19.5 Å². The molecule has 0 aromatic carbocycles. The maximum absolute atomic E-state index is 15.7. The summed E-state index contributed by atoms with van der Waals surface area (Å²) in [5, 5.41) is 38.1. The molecule has 2 aliphatic heterocycles. The van der Waals surface area contributed by atoms with Crippen molar-refractivity contribution < 1.29 is 28.4 Å². The second-order valence-electron chi connectivity index (χ2n) is 10.6. The fourth-order valence-corrected chi connectivity index (χ4v) is 6.14. The van der Waals surface area contributed by atoms with E-state index < -0.39 is 25.3 Å². The number of halogens is 2. The zero-order valence-electron chi connectivity index (χ0n) is 21.6. The highest BCUT2D eigenvalue weighted by molar-refractivity contribution is 6.58. The first-order chi connectivity index (χ1) is 17.5. The number of fused-ring (bicyclic) bond motifs is 2. The van der Waals surface area contributed by atoms with Crippen molar-refractivity contribution in [3.63, 3.8) is 0 Å². The van der Waals surface area contributed by atoms with Crippen LogP contribution < -0.4 is 0 Å². The monoisotopic (exact) mass is 513 g/mol. The van der Waals surface area contributed by atoms with E-state index in [9.17, 15) is 15.3 Å². The summed E-state index contributed by atoms with van der Waals surface area (Å²) >= 11 is 0. The maximum atomic E-state index is 15.7. The number of allylic oxidation sites excluding steroid dienone is 3. The molecule has 0 unspecified atom stereocenters. The second kappa shape index (κ2) is 9.45. The van der Waals surface area contributed by atoms with E-state index in [0.717, 1.165) is 35.2 Å². The highest BCUT2D eigenvalue weighted by atomic mass is 19.2. The molecular formula is C26H34BF2N5O3. The molecule has 3 N–H and O–H groups in total. The third kappa shape index (κ3) is 4.32. The summed E-state index contributed by atoms with van der Waals surface area (Å²) in [6.07, 6.45) is 6.46. The molecule has 0 saturated heterocycles. The van der Waals surface area contributed by atoms with Crippen LogP contribution in [0.5, 0.6) is 0 Å². The third-order valence-electron chi connectivity index (χ3n) is 7.82. The molecule has 0 saturated carbocycles. The second-order valence-corrected chi connectivity index (χ2v) is 10.6. The van der Waals surface area contributed by atoms with Gasteiger partial charge in [0.1, 0.15) is 17.9 Å². The van der Waals surface area contributed by atoms with Gasteiger partial charge in [0.25, 0.3) is 0 Å². The lowest BCUT2D eigenvalue weighted by atomic mass is 9.84. The summed E-state index contributed by atoms with van der Waals surface area (Å²) < 4.78 is 35.4. The topological polar surface area (TPSA) is 99.3 Å². The van der Waals surface area contributed by atoms with Crippen molar-refractivity contribution in [3.05, 3.63) is 64.4 Å². The van der Waals surface area contributed by atoms with Crippen molar-refractivity contribution in [2.75, 3.05) is 0 Å². The van der Waals surface area contributed by atoms with Crippen LogP contribution in [-0.4, -0.2) is 70.3 Å². The van der Waals surface area contributed by atoms with E-state index in [1.54, 1.807) is 24.6 Å². The largest absolute Gasteiger partial charge is 0.737 e. The number of aryl methyl sites for hydroxylation is 3. The van der Waals surface area contributed by atoms with Crippen LogP contribution in [-0.2, 0) is 13.0 Å². The fraction of sp³-hybridized carbons (Fsp3) is 0.500. The molecule has 11 heteroatoms. The smallest absolute Gasteiger partial charge is 0.394 e. The fourth-order valence-electron chi connectivity index (χ4n) is 6.14. The lowest BCUT2D eigenvalue weighted by Crippen LogP contribution is -2.51. The minimum Gasteiger partial charge on any atom is -0.394 e. The van der Waals surface area contributed by atoms with Crippen LogP contribution in [0.25, 0.3) is 5.57 Å². The summed E-state index contributed by atoms with van der Waals surface area (Å²) in [6.45, 7) is 3.70. The Hall–Kier alpha value is -2.89. The Morgan fingerprint density at radius 2 is 1.76 bits per heavy atom. The summed E-state index contributed by atoms with van der Waals surface area (Å²) in [6, 6.07) is 1.85. The lowest BCUT2D eigenvalue weighted by Gasteiger charge is -2.34. The number of aromatic nitrogens is 4. The number of nitrogens with zero attached hydrogens (tertiary/aromatic N) is 5.